The number of nitroso groups, excluding NO2 is 1. The highest BCUT2D eigenvalue weighted by Crippen LogP contribution is 2.27. The molecule has 2 aromatic carbocycles. The maximum atomic E-state index is 12.8. The first-order valence-corrected chi connectivity index (χ1v) is 9.48. The van der Waals surface area contributed by atoms with E-state index in [1.165, 1.54) is 13.2 Å². The summed E-state index contributed by atoms with van der Waals surface area (Å²) < 4.78 is 10.9. The van der Waals surface area contributed by atoms with Crippen LogP contribution in [-0.4, -0.2) is 24.7 Å². The smallest absolute Gasteiger partial charge is 0.412 e. The van der Waals surface area contributed by atoms with Crippen LogP contribution in [0.5, 0.6) is 0 Å². The van der Waals surface area contributed by atoms with Crippen molar-refractivity contribution in [2.24, 2.45) is 5.18 Å². The van der Waals surface area contributed by atoms with Crippen LogP contribution in [0, 0.1) is 4.91 Å². The van der Waals surface area contributed by atoms with Crippen molar-refractivity contribution < 1.29 is 19.1 Å². The summed E-state index contributed by atoms with van der Waals surface area (Å²) in [5.41, 5.74) is 0.983. The standard InChI is InChI=1S/C20H22BrN3O5/c1-20(2,3)29-19(26)23-17-9-13(21)6-8-15(17)18(25)22-14-7-5-12(11-28-4)16(10-14)24-27/h5-10H,11H2,1-4H3,(H,22,25)(H,23,26). The predicted octanol–water partition coefficient (Wildman–Crippen LogP) is 5.59. The Hall–Kier alpha value is -2.78. The number of ether oxygens (including phenoxy) is 2. The van der Waals surface area contributed by atoms with Gasteiger partial charge in [-0.2, -0.15) is 0 Å². The molecule has 9 heteroatoms. The number of carbonyl (C=O) groups excluding carboxylic acids is 2. The van der Waals surface area contributed by atoms with Gasteiger partial charge in [0.1, 0.15) is 11.3 Å². The molecule has 0 bridgehead atoms. The van der Waals surface area contributed by atoms with Crippen molar-refractivity contribution in [3.63, 3.8) is 0 Å². The normalized spacial score (nSPS) is 10.9. The Kier molecular flexibility index (Phi) is 7.46. The first-order chi connectivity index (χ1) is 13.6. The Morgan fingerprint density at radius 1 is 1.10 bits per heavy atom. The van der Waals surface area contributed by atoms with Crippen molar-refractivity contribution in [3.8, 4) is 0 Å². The number of nitrogens with one attached hydrogen (secondary N) is 2. The summed E-state index contributed by atoms with van der Waals surface area (Å²) in [7, 11) is 1.51. The van der Waals surface area contributed by atoms with Crippen LogP contribution in [0.1, 0.15) is 36.7 Å². The number of hydrogen-bond donors (Lipinski definition) is 2. The molecule has 0 saturated carbocycles. The third-order valence-electron chi connectivity index (χ3n) is 3.60. The summed E-state index contributed by atoms with van der Waals surface area (Å²) >= 11 is 3.32. The Morgan fingerprint density at radius 2 is 1.83 bits per heavy atom. The van der Waals surface area contributed by atoms with Gasteiger partial charge in [-0.25, -0.2) is 4.79 Å². The molecule has 0 atom stereocenters. The monoisotopic (exact) mass is 463 g/mol. The molecule has 2 N–H and O–H groups in total. The van der Waals surface area contributed by atoms with Crippen molar-refractivity contribution in [1.29, 1.82) is 0 Å². The Labute approximate surface area is 177 Å². The average Bonchev–Trinajstić information content (AvgIpc) is 2.61. The molecule has 2 amide bonds. The first kappa shape index (κ1) is 22.5. The number of carbonyl (C=O) groups is 2. The highest BCUT2D eigenvalue weighted by molar-refractivity contribution is 9.10. The van der Waals surface area contributed by atoms with Crippen LogP contribution in [0.3, 0.4) is 0 Å². The van der Waals surface area contributed by atoms with Crippen LogP contribution in [0.4, 0.5) is 21.9 Å². The number of nitrogens with zero attached hydrogens (tertiary/aromatic N) is 1. The summed E-state index contributed by atoms with van der Waals surface area (Å²) in [6, 6.07) is 9.58. The number of rotatable bonds is 6. The van der Waals surface area contributed by atoms with E-state index >= 15 is 0 Å². The van der Waals surface area contributed by atoms with Gasteiger partial charge in [-0.15, -0.1) is 4.91 Å². The van der Waals surface area contributed by atoms with Crippen molar-refractivity contribution in [3.05, 3.63) is 56.9 Å². The van der Waals surface area contributed by atoms with E-state index in [2.05, 4.69) is 31.7 Å². The molecule has 0 saturated heterocycles. The molecule has 0 unspecified atom stereocenters. The fraction of sp³-hybridized carbons (Fsp3) is 0.300. The van der Waals surface area contributed by atoms with Gasteiger partial charge in [0.2, 0.25) is 0 Å². The van der Waals surface area contributed by atoms with Gasteiger partial charge in [0, 0.05) is 22.8 Å². The maximum absolute atomic E-state index is 12.8. The molecule has 0 radical (unpaired) electrons. The van der Waals surface area contributed by atoms with Crippen LogP contribution in [0.25, 0.3) is 0 Å². The Morgan fingerprint density at radius 3 is 2.45 bits per heavy atom. The number of benzene rings is 2. The summed E-state index contributed by atoms with van der Waals surface area (Å²) in [5, 5.41) is 8.25. The molecule has 0 aliphatic rings. The van der Waals surface area contributed by atoms with E-state index in [1.54, 1.807) is 51.1 Å². The zero-order valence-electron chi connectivity index (χ0n) is 16.5. The van der Waals surface area contributed by atoms with Crippen LogP contribution in [0.2, 0.25) is 0 Å². The van der Waals surface area contributed by atoms with E-state index in [9.17, 15) is 14.5 Å². The van der Waals surface area contributed by atoms with Crippen LogP contribution >= 0.6 is 15.9 Å². The van der Waals surface area contributed by atoms with E-state index < -0.39 is 17.6 Å². The van der Waals surface area contributed by atoms with E-state index in [0.29, 0.717) is 15.7 Å². The van der Waals surface area contributed by atoms with Crippen LogP contribution in [-0.2, 0) is 16.1 Å². The molecule has 0 spiro atoms. The SMILES string of the molecule is COCc1ccc(NC(=O)c2ccc(Br)cc2NC(=O)OC(C)(C)C)cc1N=O. The summed E-state index contributed by atoms with van der Waals surface area (Å²) in [4.78, 5) is 35.9. The van der Waals surface area contributed by atoms with Gasteiger partial charge in [-0.1, -0.05) is 22.0 Å². The minimum atomic E-state index is -0.680. The molecular formula is C20H22BrN3O5. The first-order valence-electron chi connectivity index (χ1n) is 8.69. The van der Waals surface area contributed by atoms with E-state index in [-0.39, 0.29) is 23.5 Å². The molecule has 0 aromatic heterocycles. The number of hydrogen-bond acceptors (Lipinski definition) is 6. The molecule has 0 aliphatic carbocycles. The highest BCUT2D eigenvalue weighted by atomic mass is 79.9. The lowest BCUT2D eigenvalue weighted by molar-refractivity contribution is 0.0636. The van der Waals surface area contributed by atoms with Gasteiger partial charge in [0.25, 0.3) is 5.91 Å². The summed E-state index contributed by atoms with van der Waals surface area (Å²) in [6.45, 7) is 5.46. The number of amides is 2. The number of halogens is 1. The lowest BCUT2D eigenvalue weighted by atomic mass is 10.1. The minimum Gasteiger partial charge on any atom is -0.444 e. The van der Waals surface area contributed by atoms with Crippen molar-refractivity contribution in [1.82, 2.24) is 0 Å². The van der Waals surface area contributed by atoms with Gasteiger partial charge in [0.15, 0.2) is 0 Å². The van der Waals surface area contributed by atoms with Gasteiger partial charge >= 0.3 is 6.09 Å². The number of methoxy groups -OCH3 is 1. The largest absolute Gasteiger partial charge is 0.444 e. The van der Waals surface area contributed by atoms with Gasteiger partial charge < -0.3 is 14.8 Å². The van der Waals surface area contributed by atoms with Crippen LogP contribution < -0.4 is 10.6 Å². The summed E-state index contributed by atoms with van der Waals surface area (Å²) in [6.07, 6.45) is -0.680. The fourth-order valence-electron chi connectivity index (χ4n) is 2.43. The molecular weight excluding hydrogens is 442 g/mol. The average molecular weight is 464 g/mol. The van der Waals surface area contributed by atoms with E-state index in [1.807, 2.05) is 0 Å². The lowest BCUT2D eigenvalue weighted by Gasteiger charge is -2.20. The Balaban J connectivity index is 2.25. The molecule has 29 heavy (non-hydrogen) atoms. The van der Waals surface area contributed by atoms with E-state index in [0.717, 1.165) is 0 Å². The van der Waals surface area contributed by atoms with Crippen LogP contribution in [0.15, 0.2) is 46.0 Å². The quantitative estimate of drug-likeness (QED) is 0.542. The highest BCUT2D eigenvalue weighted by Gasteiger charge is 2.19. The lowest BCUT2D eigenvalue weighted by Crippen LogP contribution is -2.28. The second kappa shape index (κ2) is 9.62. The predicted molar refractivity (Wildman–Crippen MR) is 115 cm³/mol. The van der Waals surface area contributed by atoms with Crippen molar-refractivity contribution in [2.75, 3.05) is 17.7 Å². The molecule has 8 nitrogen and oxygen atoms in total. The molecule has 2 rings (SSSR count). The zero-order valence-corrected chi connectivity index (χ0v) is 18.1. The number of anilines is 2. The molecule has 0 heterocycles. The fourth-order valence-corrected chi connectivity index (χ4v) is 2.80. The molecule has 2 aromatic rings. The zero-order chi connectivity index (χ0) is 21.6. The van der Waals surface area contributed by atoms with Crippen molar-refractivity contribution >= 4 is 45.0 Å². The summed E-state index contributed by atoms with van der Waals surface area (Å²) in [5.74, 6) is -0.472. The van der Waals surface area contributed by atoms with Gasteiger partial charge in [-0.3, -0.25) is 10.1 Å². The van der Waals surface area contributed by atoms with Gasteiger partial charge in [-0.05, 0) is 56.3 Å². The maximum Gasteiger partial charge on any atom is 0.412 e. The second-order valence-corrected chi connectivity index (χ2v) is 8.05. The molecule has 0 aliphatic heterocycles. The topological polar surface area (TPSA) is 106 Å². The second-order valence-electron chi connectivity index (χ2n) is 7.14. The Bertz CT molecular complexity index is 925. The molecule has 154 valence electrons. The van der Waals surface area contributed by atoms with E-state index in [4.69, 9.17) is 9.47 Å². The third kappa shape index (κ3) is 6.65. The van der Waals surface area contributed by atoms with Crippen molar-refractivity contribution in [2.45, 2.75) is 33.0 Å². The molecule has 0 fully saturated rings. The van der Waals surface area contributed by atoms with Gasteiger partial charge in [0.05, 0.1) is 17.9 Å². The minimum absolute atomic E-state index is 0.174. The third-order valence-corrected chi connectivity index (χ3v) is 4.10.